The van der Waals surface area contributed by atoms with Crippen molar-refractivity contribution >= 4 is 28.3 Å². The molecule has 2 aliphatic heterocycles. The van der Waals surface area contributed by atoms with Crippen LogP contribution >= 0.6 is 11.3 Å². The summed E-state index contributed by atoms with van der Waals surface area (Å²) in [6.45, 7) is 1.78. The Balaban J connectivity index is 1.10. The van der Waals surface area contributed by atoms with Crippen LogP contribution in [0.2, 0.25) is 0 Å². The van der Waals surface area contributed by atoms with Gasteiger partial charge in [0.1, 0.15) is 0 Å². The van der Waals surface area contributed by atoms with E-state index in [0.717, 1.165) is 62.2 Å². The van der Waals surface area contributed by atoms with Crippen LogP contribution in [0.4, 0.5) is 5.13 Å². The Hall–Kier alpha value is -3.39. The first-order chi connectivity index (χ1) is 17.6. The third-order valence-corrected chi connectivity index (χ3v) is 8.45. The number of amides is 2. The Labute approximate surface area is 214 Å². The van der Waals surface area contributed by atoms with Crippen LogP contribution in [0.15, 0.2) is 48.5 Å². The number of anilines is 1. The summed E-state index contributed by atoms with van der Waals surface area (Å²) < 4.78 is 10.7. The monoisotopic (exact) mass is 503 g/mol. The average Bonchev–Trinajstić information content (AvgIpc) is 3.55. The molecular formula is C28H29N3O4S. The molecule has 0 spiro atoms. The van der Waals surface area contributed by atoms with Crippen molar-refractivity contribution in [1.82, 2.24) is 9.88 Å². The average molecular weight is 504 g/mol. The number of thiazole rings is 1. The minimum absolute atomic E-state index is 0.166. The minimum Gasteiger partial charge on any atom is -0.454 e. The maximum Gasteiger partial charge on any atom is 0.257 e. The molecular weight excluding hydrogens is 474 g/mol. The first-order valence-electron chi connectivity index (χ1n) is 12.7. The Morgan fingerprint density at radius 3 is 2.67 bits per heavy atom. The van der Waals surface area contributed by atoms with Gasteiger partial charge in [0.05, 0.1) is 11.6 Å². The number of nitrogens with one attached hydrogen (secondary N) is 1. The van der Waals surface area contributed by atoms with Gasteiger partial charge >= 0.3 is 0 Å². The van der Waals surface area contributed by atoms with Crippen LogP contribution in [-0.4, -0.2) is 41.6 Å². The van der Waals surface area contributed by atoms with E-state index in [4.69, 9.17) is 14.5 Å². The molecule has 1 fully saturated rings. The number of ether oxygens (including phenoxy) is 2. The minimum atomic E-state index is -0.247. The lowest BCUT2D eigenvalue weighted by molar-refractivity contribution is -0.134. The molecule has 2 amide bonds. The van der Waals surface area contributed by atoms with Gasteiger partial charge in [-0.15, -0.1) is 11.3 Å². The van der Waals surface area contributed by atoms with Crippen LogP contribution in [0, 0.1) is 5.92 Å². The molecule has 0 radical (unpaired) electrons. The van der Waals surface area contributed by atoms with E-state index in [0.29, 0.717) is 28.1 Å². The molecule has 1 saturated heterocycles. The number of carbonyl (C=O) groups is 2. The summed E-state index contributed by atoms with van der Waals surface area (Å²) in [5.74, 6) is 1.55. The van der Waals surface area contributed by atoms with Crippen molar-refractivity contribution in [2.75, 3.05) is 25.2 Å². The fourth-order valence-electron chi connectivity index (χ4n) is 5.44. The standard InChI is InChI=1S/C28H29N3O4S/c32-26(20-9-10-22-23(16-20)35-17-34-22)30-28-29-25-21(7-4-8-24(25)36-28)27(33)31-13-11-19(12-14-31)15-18-5-2-1-3-6-18/h1-3,5-6,9-10,16,19,21H,4,7-8,11-15,17H2,(H,29,30,32). The van der Waals surface area contributed by atoms with Crippen LogP contribution in [-0.2, 0) is 17.6 Å². The number of likely N-dealkylation sites (tertiary alicyclic amines) is 1. The molecule has 3 heterocycles. The van der Waals surface area contributed by atoms with Gasteiger partial charge in [-0.2, -0.15) is 0 Å². The highest BCUT2D eigenvalue weighted by Gasteiger charge is 2.35. The molecule has 1 N–H and O–H groups in total. The molecule has 6 rings (SSSR count). The molecule has 1 unspecified atom stereocenters. The van der Waals surface area contributed by atoms with E-state index in [1.807, 2.05) is 4.90 Å². The maximum atomic E-state index is 13.5. The van der Waals surface area contributed by atoms with Crippen molar-refractivity contribution in [2.24, 2.45) is 5.92 Å². The van der Waals surface area contributed by atoms with Crippen molar-refractivity contribution in [1.29, 1.82) is 0 Å². The van der Waals surface area contributed by atoms with E-state index in [1.54, 1.807) is 18.2 Å². The number of piperidine rings is 1. The topological polar surface area (TPSA) is 80.8 Å². The van der Waals surface area contributed by atoms with Gasteiger partial charge in [0.2, 0.25) is 12.7 Å². The number of rotatable bonds is 5. The number of nitrogens with zero attached hydrogens (tertiary/aromatic N) is 2. The highest BCUT2D eigenvalue weighted by Crippen LogP contribution is 2.39. The summed E-state index contributed by atoms with van der Waals surface area (Å²) >= 11 is 1.48. The van der Waals surface area contributed by atoms with E-state index < -0.39 is 0 Å². The zero-order valence-electron chi connectivity index (χ0n) is 20.1. The summed E-state index contributed by atoms with van der Waals surface area (Å²) in [5.41, 5.74) is 2.71. The Kier molecular flexibility index (Phi) is 6.35. The molecule has 3 aliphatic rings. The maximum absolute atomic E-state index is 13.5. The van der Waals surface area contributed by atoms with Gasteiger partial charge in [0.25, 0.3) is 5.91 Å². The number of hydrogen-bond donors (Lipinski definition) is 1. The van der Waals surface area contributed by atoms with E-state index in [2.05, 4.69) is 35.6 Å². The number of hydrogen-bond acceptors (Lipinski definition) is 6. The highest BCUT2D eigenvalue weighted by atomic mass is 32.1. The summed E-state index contributed by atoms with van der Waals surface area (Å²) in [7, 11) is 0. The van der Waals surface area contributed by atoms with Gasteiger partial charge in [-0.3, -0.25) is 14.9 Å². The second kappa shape index (κ2) is 9.93. The molecule has 2 aromatic carbocycles. The lowest BCUT2D eigenvalue weighted by atomic mass is 9.87. The van der Waals surface area contributed by atoms with Crippen molar-refractivity contribution in [2.45, 2.75) is 44.4 Å². The molecule has 0 bridgehead atoms. The SMILES string of the molecule is O=C(Nc1nc2c(s1)CCCC2C(=O)N1CCC(Cc2ccccc2)CC1)c1ccc2c(c1)OCO2. The third-order valence-electron chi connectivity index (χ3n) is 7.40. The molecule has 186 valence electrons. The van der Waals surface area contributed by atoms with Crippen LogP contribution in [0.25, 0.3) is 0 Å². The largest absolute Gasteiger partial charge is 0.454 e. The summed E-state index contributed by atoms with van der Waals surface area (Å²) in [4.78, 5) is 34.2. The molecule has 3 aromatic rings. The van der Waals surface area contributed by atoms with Crippen molar-refractivity contribution in [3.63, 3.8) is 0 Å². The van der Waals surface area contributed by atoms with E-state index in [-0.39, 0.29) is 24.5 Å². The van der Waals surface area contributed by atoms with Gasteiger partial charge in [0, 0.05) is 23.5 Å². The first kappa shape index (κ1) is 23.0. The Morgan fingerprint density at radius 1 is 1.03 bits per heavy atom. The summed E-state index contributed by atoms with van der Waals surface area (Å²) in [6.07, 6.45) is 5.83. The van der Waals surface area contributed by atoms with Crippen molar-refractivity contribution in [3.05, 3.63) is 70.2 Å². The second-order valence-corrected chi connectivity index (χ2v) is 10.8. The number of aromatic nitrogens is 1. The van der Waals surface area contributed by atoms with Crippen LogP contribution < -0.4 is 14.8 Å². The van der Waals surface area contributed by atoms with Crippen LogP contribution in [0.3, 0.4) is 0 Å². The molecule has 1 aromatic heterocycles. The van der Waals surface area contributed by atoms with Gasteiger partial charge in [-0.05, 0) is 68.2 Å². The molecule has 1 aliphatic carbocycles. The number of aryl methyl sites for hydroxylation is 1. The molecule has 36 heavy (non-hydrogen) atoms. The van der Waals surface area contributed by atoms with Crippen LogP contribution in [0.5, 0.6) is 11.5 Å². The lowest BCUT2D eigenvalue weighted by Crippen LogP contribution is -2.42. The zero-order chi connectivity index (χ0) is 24.5. The Morgan fingerprint density at radius 2 is 1.83 bits per heavy atom. The van der Waals surface area contributed by atoms with Gasteiger partial charge in [0.15, 0.2) is 16.6 Å². The number of carbonyl (C=O) groups excluding carboxylic acids is 2. The van der Waals surface area contributed by atoms with Crippen molar-refractivity contribution in [3.8, 4) is 11.5 Å². The predicted molar refractivity (Wildman–Crippen MR) is 138 cm³/mol. The molecule has 7 nitrogen and oxygen atoms in total. The zero-order valence-corrected chi connectivity index (χ0v) is 20.9. The van der Waals surface area contributed by atoms with Crippen LogP contribution in [0.1, 0.15) is 58.1 Å². The van der Waals surface area contributed by atoms with E-state index in [9.17, 15) is 9.59 Å². The fraction of sp³-hybridized carbons (Fsp3) is 0.393. The highest BCUT2D eigenvalue weighted by molar-refractivity contribution is 7.16. The Bertz CT molecular complexity index is 1270. The predicted octanol–water partition coefficient (Wildman–Crippen LogP) is 5.03. The summed E-state index contributed by atoms with van der Waals surface area (Å²) in [5, 5.41) is 3.47. The smallest absolute Gasteiger partial charge is 0.257 e. The van der Waals surface area contributed by atoms with Gasteiger partial charge in [-0.1, -0.05) is 30.3 Å². The lowest BCUT2D eigenvalue weighted by Gasteiger charge is -2.35. The molecule has 0 saturated carbocycles. The second-order valence-electron chi connectivity index (χ2n) is 9.75. The van der Waals surface area contributed by atoms with Gasteiger partial charge < -0.3 is 14.4 Å². The summed E-state index contributed by atoms with van der Waals surface area (Å²) in [6, 6.07) is 15.7. The van der Waals surface area contributed by atoms with E-state index in [1.165, 1.54) is 16.9 Å². The normalized spacial score (nSPS) is 19.1. The fourth-order valence-corrected chi connectivity index (χ4v) is 6.50. The van der Waals surface area contributed by atoms with Crippen molar-refractivity contribution < 1.29 is 19.1 Å². The first-order valence-corrected chi connectivity index (χ1v) is 13.5. The quantitative estimate of drug-likeness (QED) is 0.529. The third kappa shape index (κ3) is 4.69. The van der Waals surface area contributed by atoms with E-state index >= 15 is 0 Å². The molecule has 1 atom stereocenters. The number of benzene rings is 2. The molecule has 8 heteroatoms. The number of fused-ring (bicyclic) bond motifs is 2. The van der Waals surface area contributed by atoms with Gasteiger partial charge in [-0.25, -0.2) is 4.98 Å².